The van der Waals surface area contributed by atoms with Gasteiger partial charge in [0.05, 0.1) is 30.1 Å². The third-order valence-electron chi connectivity index (χ3n) is 3.56. The Morgan fingerprint density at radius 1 is 1.33 bits per heavy atom. The number of nitrogens with one attached hydrogen (secondary N) is 1. The van der Waals surface area contributed by atoms with Crippen molar-refractivity contribution in [3.8, 4) is 5.75 Å². The first-order chi connectivity index (χ1) is 9.78. The Hall–Kier alpha value is -1.56. The second-order valence-corrected chi connectivity index (χ2v) is 8.05. The molecule has 0 aromatic heterocycles. The third-order valence-corrected chi connectivity index (χ3v) is 5.47. The summed E-state index contributed by atoms with van der Waals surface area (Å²) in [7, 11) is -3.01. The van der Waals surface area contributed by atoms with Gasteiger partial charge in [-0.15, -0.1) is 0 Å². The van der Waals surface area contributed by atoms with Crippen molar-refractivity contribution in [3.05, 3.63) is 29.8 Å². The topological polar surface area (TPSA) is 72.5 Å². The van der Waals surface area contributed by atoms with E-state index < -0.39 is 15.4 Å². The Bertz CT molecular complexity index is 609. The van der Waals surface area contributed by atoms with Crippen LogP contribution in [0.3, 0.4) is 0 Å². The smallest absolute Gasteiger partial charge is 0.223 e. The summed E-state index contributed by atoms with van der Waals surface area (Å²) in [4.78, 5) is 11.9. The molecule has 1 aliphatic rings. The highest BCUT2D eigenvalue weighted by atomic mass is 32.2. The zero-order chi connectivity index (χ0) is 15.5. The van der Waals surface area contributed by atoms with E-state index in [-0.39, 0.29) is 30.4 Å². The molecule has 0 unspecified atom stereocenters. The van der Waals surface area contributed by atoms with Crippen LogP contribution in [0.15, 0.2) is 24.3 Å². The lowest BCUT2D eigenvalue weighted by Crippen LogP contribution is -2.47. The Labute approximate surface area is 125 Å². The van der Waals surface area contributed by atoms with Gasteiger partial charge in [0.2, 0.25) is 5.91 Å². The van der Waals surface area contributed by atoms with Gasteiger partial charge < -0.3 is 10.1 Å². The van der Waals surface area contributed by atoms with Gasteiger partial charge in [-0.25, -0.2) is 8.42 Å². The van der Waals surface area contributed by atoms with E-state index in [4.69, 9.17) is 4.74 Å². The number of benzene rings is 1. The van der Waals surface area contributed by atoms with E-state index in [0.29, 0.717) is 6.42 Å². The molecule has 0 saturated carbocycles. The second-order valence-electron chi connectivity index (χ2n) is 5.86. The van der Waals surface area contributed by atoms with Crippen LogP contribution >= 0.6 is 0 Å². The van der Waals surface area contributed by atoms with Crippen LogP contribution in [0.4, 0.5) is 0 Å². The number of amides is 1. The van der Waals surface area contributed by atoms with E-state index >= 15 is 0 Å². The van der Waals surface area contributed by atoms with Crippen molar-refractivity contribution < 1.29 is 17.9 Å². The summed E-state index contributed by atoms with van der Waals surface area (Å²) >= 11 is 0. The van der Waals surface area contributed by atoms with E-state index in [2.05, 4.69) is 5.32 Å². The van der Waals surface area contributed by atoms with Gasteiger partial charge in [0.1, 0.15) is 5.75 Å². The van der Waals surface area contributed by atoms with E-state index in [1.54, 1.807) is 6.92 Å². The molecule has 6 heteroatoms. The number of carbonyl (C=O) groups excluding carboxylic acids is 1. The van der Waals surface area contributed by atoms with Crippen LogP contribution in [-0.2, 0) is 14.6 Å². The number of ether oxygens (including phenoxy) is 1. The van der Waals surface area contributed by atoms with Crippen LogP contribution in [0.2, 0.25) is 0 Å². The lowest BCUT2D eigenvalue weighted by Gasteiger charge is -2.23. The molecule has 1 amide bonds. The summed E-state index contributed by atoms with van der Waals surface area (Å²) < 4.78 is 28.4. The summed E-state index contributed by atoms with van der Waals surface area (Å²) in [6, 6.07) is 7.61. The molecule has 1 N–H and O–H groups in total. The molecule has 0 spiro atoms. The molecule has 21 heavy (non-hydrogen) atoms. The lowest BCUT2D eigenvalue weighted by atomic mass is 10.0. The highest BCUT2D eigenvalue weighted by molar-refractivity contribution is 7.91. The minimum Gasteiger partial charge on any atom is -0.493 e. The SMILES string of the molecule is Cc1ccc(OCCC(=O)N[C@]2(C)CCS(=O)(=O)C2)cc1. The summed E-state index contributed by atoms with van der Waals surface area (Å²) in [6.45, 7) is 4.04. The van der Waals surface area contributed by atoms with Gasteiger partial charge in [0, 0.05) is 0 Å². The van der Waals surface area contributed by atoms with Gasteiger partial charge in [0.15, 0.2) is 9.84 Å². The molecule has 0 radical (unpaired) electrons. The molecular weight excluding hydrogens is 290 g/mol. The average molecular weight is 311 g/mol. The van der Waals surface area contributed by atoms with Gasteiger partial charge in [-0.05, 0) is 32.4 Å². The van der Waals surface area contributed by atoms with Crippen molar-refractivity contribution in [1.82, 2.24) is 5.32 Å². The van der Waals surface area contributed by atoms with Crippen molar-refractivity contribution in [2.45, 2.75) is 32.2 Å². The van der Waals surface area contributed by atoms with Crippen molar-refractivity contribution in [2.24, 2.45) is 0 Å². The predicted molar refractivity (Wildman–Crippen MR) is 81.1 cm³/mol. The first kappa shape index (κ1) is 15.8. The normalized spacial score (nSPS) is 23.7. The molecule has 0 bridgehead atoms. The number of carbonyl (C=O) groups is 1. The molecule has 1 atom stereocenters. The predicted octanol–water partition coefficient (Wildman–Crippen LogP) is 1.46. The summed E-state index contributed by atoms with van der Waals surface area (Å²) in [6.07, 6.45) is 0.684. The Kier molecular flexibility index (Phi) is 4.56. The fraction of sp³-hybridized carbons (Fsp3) is 0.533. The molecule has 1 heterocycles. The van der Waals surface area contributed by atoms with Crippen molar-refractivity contribution in [2.75, 3.05) is 18.1 Å². The minimum atomic E-state index is -3.01. The van der Waals surface area contributed by atoms with Crippen LogP contribution in [0, 0.1) is 6.92 Å². The zero-order valence-corrected chi connectivity index (χ0v) is 13.2. The quantitative estimate of drug-likeness (QED) is 0.893. The highest BCUT2D eigenvalue weighted by Crippen LogP contribution is 2.22. The summed E-state index contributed by atoms with van der Waals surface area (Å²) in [5.74, 6) is 0.707. The standard InChI is InChI=1S/C15H21NO4S/c1-12-3-5-13(6-4-12)20-9-7-14(17)16-15(2)8-10-21(18,19)11-15/h3-6H,7-11H2,1-2H3,(H,16,17)/t15-/m1/s1. The number of hydrogen-bond acceptors (Lipinski definition) is 4. The van der Waals surface area contributed by atoms with Crippen LogP contribution in [0.5, 0.6) is 5.75 Å². The Morgan fingerprint density at radius 2 is 2.00 bits per heavy atom. The minimum absolute atomic E-state index is 0.0184. The average Bonchev–Trinajstić information content (AvgIpc) is 2.65. The molecule has 1 aromatic carbocycles. The molecule has 116 valence electrons. The molecule has 1 aliphatic heterocycles. The number of sulfone groups is 1. The molecular formula is C15H21NO4S. The third kappa shape index (κ3) is 4.74. The highest BCUT2D eigenvalue weighted by Gasteiger charge is 2.39. The van der Waals surface area contributed by atoms with Crippen molar-refractivity contribution in [3.63, 3.8) is 0 Å². The molecule has 0 aliphatic carbocycles. The van der Waals surface area contributed by atoms with E-state index in [1.807, 2.05) is 31.2 Å². The summed E-state index contributed by atoms with van der Waals surface area (Å²) in [5, 5.41) is 2.81. The number of hydrogen-bond donors (Lipinski definition) is 1. The van der Waals surface area contributed by atoms with E-state index in [9.17, 15) is 13.2 Å². The Balaban J connectivity index is 1.76. The van der Waals surface area contributed by atoms with Crippen molar-refractivity contribution in [1.29, 1.82) is 0 Å². The molecule has 1 fully saturated rings. The lowest BCUT2D eigenvalue weighted by molar-refractivity contribution is -0.123. The van der Waals surface area contributed by atoms with E-state index in [1.165, 1.54) is 0 Å². The van der Waals surface area contributed by atoms with Gasteiger partial charge in [-0.3, -0.25) is 4.79 Å². The van der Waals surface area contributed by atoms with Gasteiger partial charge in [-0.1, -0.05) is 17.7 Å². The number of rotatable bonds is 5. The van der Waals surface area contributed by atoms with Crippen LogP contribution < -0.4 is 10.1 Å². The maximum absolute atomic E-state index is 11.9. The second kappa shape index (κ2) is 6.05. The van der Waals surface area contributed by atoms with Crippen LogP contribution in [0.25, 0.3) is 0 Å². The first-order valence-corrected chi connectivity index (χ1v) is 8.81. The molecule has 2 rings (SSSR count). The number of aryl methyl sites for hydroxylation is 1. The maximum atomic E-state index is 11.9. The molecule has 1 saturated heterocycles. The van der Waals surface area contributed by atoms with Crippen LogP contribution in [-0.4, -0.2) is 38.0 Å². The first-order valence-electron chi connectivity index (χ1n) is 6.99. The molecule has 5 nitrogen and oxygen atoms in total. The largest absolute Gasteiger partial charge is 0.493 e. The monoisotopic (exact) mass is 311 g/mol. The van der Waals surface area contributed by atoms with Gasteiger partial charge in [0.25, 0.3) is 0 Å². The van der Waals surface area contributed by atoms with Gasteiger partial charge in [-0.2, -0.15) is 0 Å². The van der Waals surface area contributed by atoms with E-state index in [0.717, 1.165) is 11.3 Å². The zero-order valence-electron chi connectivity index (χ0n) is 12.4. The Morgan fingerprint density at radius 3 is 2.57 bits per heavy atom. The van der Waals surface area contributed by atoms with Crippen LogP contribution in [0.1, 0.15) is 25.3 Å². The van der Waals surface area contributed by atoms with Crippen molar-refractivity contribution >= 4 is 15.7 Å². The molecule has 1 aromatic rings. The maximum Gasteiger partial charge on any atom is 0.223 e. The van der Waals surface area contributed by atoms with Gasteiger partial charge >= 0.3 is 0 Å². The fourth-order valence-corrected chi connectivity index (χ4v) is 4.50. The fourth-order valence-electron chi connectivity index (χ4n) is 2.40. The summed E-state index contributed by atoms with van der Waals surface area (Å²) in [5.41, 5.74) is 0.509.